The van der Waals surface area contributed by atoms with Crippen molar-refractivity contribution in [3.8, 4) is 0 Å². The van der Waals surface area contributed by atoms with E-state index in [0.717, 1.165) is 11.8 Å². The average Bonchev–Trinajstić information content (AvgIpc) is 2.25. The number of benzene rings is 1. The van der Waals surface area contributed by atoms with Gasteiger partial charge in [-0.2, -0.15) is 0 Å². The summed E-state index contributed by atoms with van der Waals surface area (Å²) in [6, 6.07) is 9.64. The van der Waals surface area contributed by atoms with Gasteiger partial charge in [-0.1, -0.05) is 30.3 Å². The Bertz CT molecular complexity index is 324. The Morgan fingerprint density at radius 1 is 1.33 bits per heavy atom. The molecule has 0 spiro atoms. The molecule has 79 valence electrons. The summed E-state index contributed by atoms with van der Waals surface area (Å²) in [5, 5.41) is 10.9. The monoisotopic (exact) mass is 206 g/mol. The molecule has 0 saturated heterocycles. The van der Waals surface area contributed by atoms with Gasteiger partial charge in [0.25, 0.3) is 0 Å². The summed E-state index contributed by atoms with van der Waals surface area (Å²) < 4.78 is 0. The molecule has 0 aliphatic carbocycles. The molecule has 0 heterocycles. The minimum atomic E-state index is -1.11. The molecule has 15 heavy (non-hydrogen) atoms. The van der Waals surface area contributed by atoms with Gasteiger partial charge in [0.1, 0.15) is 6.29 Å². The minimum Gasteiger partial charge on any atom is -0.465 e. The number of carboxylic acid groups (broad SMARTS) is 1. The summed E-state index contributed by atoms with van der Waals surface area (Å²) in [5.74, 6) is 0. The number of carbonyl (C=O) groups excluding carboxylic acids is 1. The second-order valence-corrected chi connectivity index (χ2v) is 2.98. The molecule has 0 aliphatic rings. The molecule has 1 rings (SSSR count). The van der Waals surface area contributed by atoms with Gasteiger partial charge in [-0.25, -0.2) is 4.79 Å². The zero-order valence-corrected chi connectivity index (χ0v) is 8.14. The van der Waals surface area contributed by atoms with Gasteiger partial charge in [-0.3, -0.25) is 0 Å². The van der Waals surface area contributed by atoms with E-state index in [1.54, 1.807) is 12.1 Å². The lowest BCUT2D eigenvalue weighted by Crippen LogP contribution is -2.27. The predicted octanol–water partition coefficient (Wildman–Crippen LogP) is 1.81. The van der Waals surface area contributed by atoms with Gasteiger partial charge in [0.2, 0.25) is 0 Å². The molecule has 0 atom stereocenters. The van der Waals surface area contributed by atoms with E-state index in [-0.39, 0.29) is 0 Å². The third-order valence-corrected chi connectivity index (χ3v) is 1.89. The summed E-state index contributed by atoms with van der Waals surface area (Å²) in [7, 11) is 0. The molecular formula is C11H12NO3. The van der Waals surface area contributed by atoms with Crippen molar-refractivity contribution in [3.05, 3.63) is 41.9 Å². The lowest BCUT2D eigenvalue weighted by molar-refractivity contribution is -0.107. The molecular weight excluding hydrogens is 194 g/mol. The van der Waals surface area contributed by atoms with Crippen molar-refractivity contribution in [3.63, 3.8) is 0 Å². The Balaban J connectivity index is 2.71. The lowest BCUT2D eigenvalue weighted by atomic mass is 10.0. The summed E-state index contributed by atoms with van der Waals surface area (Å²) in [6.45, 7) is 0. The summed E-state index contributed by atoms with van der Waals surface area (Å²) in [5.41, 5.74) is 0.793. The third kappa shape index (κ3) is 3.81. The van der Waals surface area contributed by atoms with Crippen molar-refractivity contribution in [1.29, 1.82) is 0 Å². The number of rotatable bonds is 5. The Labute approximate surface area is 87.9 Å². The van der Waals surface area contributed by atoms with E-state index in [2.05, 4.69) is 5.32 Å². The number of nitrogens with one attached hydrogen (secondary N) is 1. The second-order valence-electron chi connectivity index (χ2n) is 2.98. The van der Waals surface area contributed by atoms with E-state index in [0.29, 0.717) is 18.9 Å². The van der Waals surface area contributed by atoms with E-state index in [1.165, 1.54) is 0 Å². The average molecular weight is 206 g/mol. The van der Waals surface area contributed by atoms with Crippen LogP contribution in [-0.2, 0) is 4.79 Å². The zero-order valence-electron chi connectivity index (χ0n) is 8.14. The highest BCUT2D eigenvalue weighted by Gasteiger charge is 2.13. The highest BCUT2D eigenvalue weighted by atomic mass is 16.4. The molecule has 0 aromatic heterocycles. The summed E-state index contributed by atoms with van der Waals surface area (Å²) in [4.78, 5) is 20.8. The molecule has 4 heteroatoms. The highest BCUT2D eigenvalue weighted by Crippen LogP contribution is 2.16. The van der Waals surface area contributed by atoms with Crippen molar-refractivity contribution in [2.75, 3.05) is 0 Å². The van der Waals surface area contributed by atoms with Crippen molar-refractivity contribution in [1.82, 2.24) is 5.32 Å². The predicted molar refractivity (Wildman–Crippen MR) is 55.2 cm³/mol. The highest BCUT2D eigenvalue weighted by molar-refractivity contribution is 5.67. The van der Waals surface area contributed by atoms with E-state index in [4.69, 9.17) is 5.11 Å². The standard InChI is InChI=1S/C11H12NO3/c13-8-4-7-10(12-11(14)15)9-5-2-1-3-6-9/h1-3,5-6,8,12H,4,7H2,(H,14,15). The van der Waals surface area contributed by atoms with Gasteiger partial charge < -0.3 is 15.2 Å². The van der Waals surface area contributed by atoms with Crippen LogP contribution in [0.4, 0.5) is 4.79 Å². The maximum atomic E-state index is 10.5. The lowest BCUT2D eigenvalue weighted by Gasteiger charge is -2.14. The van der Waals surface area contributed by atoms with Crippen LogP contribution in [0.3, 0.4) is 0 Å². The van der Waals surface area contributed by atoms with Crippen molar-refractivity contribution in [2.45, 2.75) is 12.8 Å². The molecule has 1 amide bonds. The van der Waals surface area contributed by atoms with Crippen LogP contribution in [-0.4, -0.2) is 17.5 Å². The first kappa shape index (κ1) is 11.2. The van der Waals surface area contributed by atoms with Crippen molar-refractivity contribution in [2.24, 2.45) is 0 Å². The minimum absolute atomic E-state index is 0.310. The number of amides is 1. The molecule has 2 N–H and O–H groups in total. The van der Waals surface area contributed by atoms with Crippen LogP contribution in [0.5, 0.6) is 0 Å². The third-order valence-electron chi connectivity index (χ3n) is 1.89. The quantitative estimate of drug-likeness (QED) is 0.722. The first-order valence-electron chi connectivity index (χ1n) is 4.59. The van der Waals surface area contributed by atoms with E-state index < -0.39 is 6.09 Å². The fraction of sp³-hybridized carbons (Fsp3) is 0.182. The smallest absolute Gasteiger partial charge is 0.405 e. The fourth-order valence-corrected chi connectivity index (χ4v) is 1.25. The molecule has 0 saturated carbocycles. The number of carbonyl (C=O) groups is 2. The molecule has 1 aromatic carbocycles. The molecule has 4 nitrogen and oxygen atoms in total. The normalized spacial score (nSPS) is 9.93. The van der Waals surface area contributed by atoms with Crippen LogP contribution in [0.25, 0.3) is 0 Å². The fourth-order valence-electron chi connectivity index (χ4n) is 1.25. The maximum Gasteiger partial charge on any atom is 0.405 e. The van der Waals surface area contributed by atoms with Gasteiger partial charge in [-0.15, -0.1) is 0 Å². The largest absolute Gasteiger partial charge is 0.465 e. The van der Waals surface area contributed by atoms with Crippen LogP contribution in [0.2, 0.25) is 0 Å². The van der Waals surface area contributed by atoms with Crippen LogP contribution < -0.4 is 5.32 Å². The van der Waals surface area contributed by atoms with Crippen molar-refractivity contribution < 1.29 is 14.7 Å². The van der Waals surface area contributed by atoms with Gasteiger partial charge in [0, 0.05) is 6.42 Å². The number of hydrogen-bond donors (Lipinski definition) is 2. The van der Waals surface area contributed by atoms with E-state index in [9.17, 15) is 9.59 Å². The number of aldehydes is 1. The molecule has 0 bridgehead atoms. The first-order chi connectivity index (χ1) is 7.24. The van der Waals surface area contributed by atoms with E-state index in [1.807, 2.05) is 18.2 Å². The first-order valence-corrected chi connectivity index (χ1v) is 4.59. The number of hydrogen-bond acceptors (Lipinski definition) is 2. The molecule has 1 aromatic rings. The SMILES string of the molecule is O=CCC[C](NC(=O)O)c1ccccc1. The maximum absolute atomic E-state index is 10.5. The van der Waals surface area contributed by atoms with Crippen LogP contribution in [0, 0.1) is 6.04 Å². The van der Waals surface area contributed by atoms with Crippen LogP contribution >= 0.6 is 0 Å². The van der Waals surface area contributed by atoms with E-state index >= 15 is 0 Å². The Kier molecular flexibility index (Phi) is 4.34. The van der Waals surface area contributed by atoms with Crippen LogP contribution in [0.15, 0.2) is 30.3 Å². The summed E-state index contributed by atoms with van der Waals surface area (Å²) >= 11 is 0. The Morgan fingerprint density at radius 3 is 2.53 bits per heavy atom. The van der Waals surface area contributed by atoms with Gasteiger partial charge in [0.15, 0.2) is 0 Å². The topological polar surface area (TPSA) is 66.4 Å². The second kappa shape index (κ2) is 5.80. The Morgan fingerprint density at radius 2 is 2.00 bits per heavy atom. The van der Waals surface area contributed by atoms with Gasteiger partial charge in [-0.05, 0) is 12.0 Å². The summed E-state index contributed by atoms with van der Waals surface area (Å²) in [6.07, 6.45) is 0.372. The van der Waals surface area contributed by atoms with Gasteiger partial charge in [0.05, 0.1) is 6.04 Å². The molecule has 0 unspecified atom stereocenters. The zero-order chi connectivity index (χ0) is 11.1. The Hall–Kier alpha value is -1.84. The molecule has 0 aliphatic heterocycles. The van der Waals surface area contributed by atoms with Gasteiger partial charge >= 0.3 is 6.09 Å². The molecule has 1 radical (unpaired) electrons. The van der Waals surface area contributed by atoms with Crippen molar-refractivity contribution >= 4 is 12.4 Å². The molecule has 0 fully saturated rings. The van der Waals surface area contributed by atoms with Crippen LogP contribution in [0.1, 0.15) is 18.4 Å².